The Morgan fingerprint density at radius 3 is 2.53 bits per heavy atom. The Morgan fingerprint density at radius 2 is 1.79 bits per heavy atom. The summed E-state index contributed by atoms with van der Waals surface area (Å²) in [5, 5.41) is 4.18. The highest BCUT2D eigenvalue weighted by molar-refractivity contribution is 9.10. The van der Waals surface area contributed by atoms with E-state index in [2.05, 4.69) is 34.1 Å². The molecule has 19 heavy (non-hydrogen) atoms. The van der Waals surface area contributed by atoms with E-state index < -0.39 is 0 Å². The van der Waals surface area contributed by atoms with Crippen LogP contribution in [0.2, 0.25) is 5.02 Å². The molecule has 3 aromatic rings. The van der Waals surface area contributed by atoms with Crippen molar-refractivity contribution >= 4 is 49.2 Å². The zero-order chi connectivity index (χ0) is 13.0. The van der Waals surface area contributed by atoms with Crippen molar-refractivity contribution in [2.75, 3.05) is 0 Å². The topological polar surface area (TPSA) is 12.9 Å². The summed E-state index contributed by atoms with van der Waals surface area (Å²) in [6.45, 7) is 0. The van der Waals surface area contributed by atoms with Crippen molar-refractivity contribution in [3.63, 3.8) is 0 Å². The Kier molecular flexibility index (Phi) is 2.58. The molecule has 0 saturated heterocycles. The molecule has 0 unspecified atom stereocenters. The Labute approximate surface area is 124 Å². The minimum Gasteiger partial charge on any atom is -0.252 e. The Bertz CT molecular complexity index is 809. The maximum absolute atomic E-state index is 6.45. The molecule has 1 aromatic heterocycles. The first-order valence-corrected chi connectivity index (χ1v) is 7.58. The summed E-state index contributed by atoms with van der Waals surface area (Å²) in [7, 11) is 0. The molecule has 1 aliphatic carbocycles. The summed E-state index contributed by atoms with van der Waals surface area (Å²) >= 11 is 10.1. The average Bonchev–Trinajstić information content (AvgIpc) is 3.25. The van der Waals surface area contributed by atoms with Crippen LogP contribution in [-0.4, -0.2) is 4.98 Å². The number of hydrogen-bond donors (Lipinski definition) is 0. The van der Waals surface area contributed by atoms with E-state index in [1.165, 1.54) is 18.2 Å². The fourth-order valence-electron chi connectivity index (χ4n) is 2.58. The van der Waals surface area contributed by atoms with Crippen molar-refractivity contribution in [2.24, 2.45) is 0 Å². The molecule has 0 atom stereocenters. The predicted molar refractivity (Wildman–Crippen MR) is 83.9 cm³/mol. The lowest BCUT2D eigenvalue weighted by molar-refractivity contribution is 1.05. The van der Waals surface area contributed by atoms with Crippen LogP contribution < -0.4 is 0 Å². The lowest BCUT2D eigenvalue weighted by Crippen LogP contribution is -1.90. The Morgan fingerprint density at radius 1 is 1.05 bits per heavy atom. The van der Waals surface area contributed by atoms with E-state index in [4.69, 9.17) is 16.6 Å². The van der Waals surface area contributed by atoms with Crippen molar-refractivity contribution in [3.8, 4) is 0 Å². The van der Waals surface area contributed by atoms with Gasteiger partial charge in [0.2, 0.25) is 0 Å². The van der Waals surface area contributed by atoms with E-state index in [0.29, 0.717) is 5.92 Å². The van der Waals surface area contributed by atoms with Gasteiger partial charge in [0.25, 0.3) is 0 Å². The van der Waals surface area contributed by atoms with Crippen molar-refractivity contribution in [2.45, 2.75) is 18.8 Å². The van der Waals surface area contributed by atoms with Crippen LogP contribution in [0.5, 0.6) is 0 Å². The highest BCUT2D eigenvalue weighted by Gasteiger charge is 2.26. The number of nitrogens with zero attached hydrogens (tertiary/aromatic N) is 1. The van der Waals surface area contributed by atoms with Crippen molar-refractivity contribution in [1.29, 1.82) is 0 Å². The second-order valence-corrected chi connectivity index (χ2v) is 6.36. The van der Waals surface area contributed by atoms with Gasteiger partial charge in [-0.3, -0.25) is 4.98 Å². The third-order valence-electron chi connectivity index (χ3n) is 3.73. The second-order valence-electron chi connectivity index (χ2n) is 5.10. The molecule has 1 heterocycles. The number of fused-ring (bicyclic) bond motifs is 3. The first-order valence-electron chi connectivity index (χ1n) is 6.41. The number of benzene rings is 2. The summed E-state index contributed by atoms with van der Waals surface area (Å²) in [6, 6.07) is 12.4. The zero-order valence-electron chi connectivity index (χ0n) is 10.2. The largest absolute Gasteiger partial charge is 0.252 e. The van der Waals surface area contributed by atoms with Crippen LogP contribution in [0, 0.1) is 0 Å². The van der Waals surface area contributed by atoms with E-state index in [-0.39, 0.29) is 0 Å². The summed E-state index contributed by atoms with van der Waals surface area (Å²) < 4.78 is 1.07. The molecule has 0 bridgehead atoms. The first-order chi connectivity index (χ1) is 9.24. The number of pyridine rings is 1. The molecule has 0 spiro atoms. The van der Waals surface area contributed by atoms with Gasteiger partial charge in [0.05, 0.1) is 10.5 Å². The number of aromatic nitrogens is 1. The molecular formula is C16H11BrClN. The molecule has 94 valence electrons. The predicted octanol–water partition coefficient (Wildman–Crippen LogP) is 5.68. The average molecular weight is 333 g/mol. The monoisotopic (exact) mass is 331 g/mol. The minimum absolute atomic E-state index is 0.615. The maximum atomic E-state index is 6.45. The van der Waals surface area contributed by atoms with Gasteiger partial charge in [0, 0.05) is 26.9 Å². The van der Waals surface area contributed by atoms with E-state index in [1.807, 2.05) is 18.2 Å². The van der Waals surface area contributed by atoms with E-state index in [9.17, 15) is 0 Å². The molecule has 0 aliphatic heterocycles. The van der Waals surface area contributed by atoms with E-state index in [1.54, 1.807) is 0 Å². The quantitative estimate of drug-likeness (QED) is 0.522. The SMILES string of the molecule is Clc1cc(C2CC2)nc2c1cc(Br)c1ccccc12. The zero-order valence-corrected chi connectivity index (χ0v) is 12.5. The molecule has 1 fully saturated rings. The van der Waals surface area contributed by atoms with Gasteiger partial charge in [-0.05, 0) is 30.4 Å². The van der Waals surface area contributed by atoms with Gasteiger partial charge in [0.15, 0.2) is 0 Å². The van der Waals surface area contributed by atoms with Crippen LogP contribution in [0.15, 0.2) is 40.9 Å². The Balaban J connectivity index is 2.17. The summed E-state index contributed by atoms with van der Waals surface area (Å²) in [5.74, 6) is 0.615. The van der Waals surface area contributed by atoms with Crippen LogP contribution in [-0.2, 0) is 0 Å². The fraction of sp³-hybridized carbons (Fsp3) is 0.188. The minimum atomic E-state index is 0.615. The van der Waals surface area contributed by atoms with Crippen LogP contribution in [0.3, 0.4) is 0 Å². The van der Waals surface area contributed by atoms with Gasteiger partial charge in [-0.1, -0.05) is 51.8 Å². The molecule has 1 aliphatic rings. The summed E-state index contributed by atoms with van der Waals surface area (Å²) in [6.07, 6.45) is 2.48. The fourth-order valence-corrected chi connectivity index (χ4v) is 3.41. The van der Waals surface area contributed by atoms with Gasteiger partial charge in [-0.25, -0.2) is 0 Å². The van der Waals surface area contributed by atoms with E-state index in [0.717, 1.165) is 31.5 Å². The van der Waals surface area contributed by atoms with Gasteiger partial charge in [-0.2, -0.15) is 0 Å². The first kappa shape index (κ1) is 11.7. The van der Waals surface area contributed by atoms with Gasteiger partial charge in [-0.15, -0.1) is 0 Å². The number of halogens is 2. The summed E-state index contributed by atoms with van der Waals surface area (Å²) in [5.41, 5.74) is 2.16. The molecule has 1 nitrogen and oxygen atoms in total. The van der Waals surface area contributed by atoms with Crippen molar-refractivity contribution in [1.82, 2.24) is 4.98 Å². The number of hydrogen-bond acceptors (Lipinski definition) is 1. The normalized spacial score (nSPS) is 15.3. The molecular weight excluding hydrogens is 322 g/mol. The van der Waals surface area contributed by atoms with Crippen molar-refractivity contribution < 1.29 is 0 Å². The van der Waals surface area contributed by atoms with Crippen molar-refractivity contribution in [3.05, 3.63) is 51.6 Å². The Hall–Kier alpha value is -1.12. The third kappa shape index (κ3) is 1.86. The van der Waals surface area contributed by atoms with Crippen LogP contribution in [0.1, 0.15) is 24.5 Å². The highest BCUT2D eigenvalue weighted by Crippen LogP contribution is 2.42. The molecule has 0 N–H and O–H groups in total. The second kappa shape index (κ2) is 4.19. The molecule has 2 aromatic carbocycles. The van der Waals surface area contributed by atoms with Gasteiger partial charge >= 0.3 is 0 Å². The third-order valence-corrected chi connectivity index (χ3v) is 4.70. The standard InChI is InChI=1S/C16H11BrClN/c17-13-7-12-14(18)8-15(9-5-6-9)19-16(12)11-4-2-1-3-10(11)13/h1-4,7-9H,5-6H2. The molecule has 1 saturated carbocycles. The van der Waals surface area contributed by atoms with Gasteiger partial charge in [0.1, 0.15) is 0 Å². The van der Waals surface area contributed by atoms with Crippen LogP contribution >= 0.6 is 27.5 Å². The molecule has 3 heteroatoms. The molecule has 0 amide bonds. The van der Waals surface area contributed by atoms with Crippen LogP contribution in [0.25, 0.3) is 21.7 Å². The van der Waals surface area contributed by atoms with Crippen LogP contribution in [0.4, 0.5) is 0 Å². The highest BCUT2D eigenvalue weighted by atomic mass is 79.9. The number of rotatable bonds is 1. The van der Waals surface area contributed by atoms with Gasteiger partial charge < -0.3 is 0 Å². The summed E-state index contributed by atoms with van der Waals surface area (Å²) in [4.78, 5) is 4.86. The van der Waals surface area contributed by atoms with E-state index >= 15 is 0 Å². The maximum Gasteiger partial charge on any atom is 0.0799 e. The molecule has 0 radical (unpaired) electrons. The lowest BCUT2D eigenvalue weighted by atomic mass is 10.1. The lowest BCUT2D eigenvalue weighted by Gasteiger charge is -2.09. The molecule has 4 rings (SSSR count). The smallest absolute Gasteiger partial charge is 0.0799 e.